The van der Waals surface area contributed by atoms with E-state index < -0.39 is 0 Å². The van der Waals surface area contributed by atoms with Crippen molar-refractivity contribution >= 4 is 34.8 Å². The van der Waals surface area contributed by atoms with Crippen LogP contribution in [0.1, 0.15) is 23.0 Å². The first kappa shape index (κ1) is 21.6. The summed E-state index contributed by atoms with van der Waals surface area (Å²) in [5, 5.41) is 8.56. The van der Waals surface area contributed by atoms with Crippen molar-refractivity contribution in [2.45, 2.75) is 13.5 Å². The third kappa shape index (κ3) is 6.20. The first-order valence-electron chi connectivity index (χ1n) is 9.71. The summed E-state index contributed by atoms with van der Waals surface area (Å²) in [7, 11) is 1.70. The second-order valence-corrected chi connectivity index (χ2v) is 6.87. The highest BCUT2D eigenvalue weighted by atomic mass is 16.3. The molecule has 0 saturated heterocycles. The predicted octanol–water partition coefficient (Wildman–Crippen LogP) is 3.24. The molecule has 0 radical (unpaired) electrons. The van der Waals surface area contributed by atoms with E-state index >= 15 is 0 Å². The molecule has 8 nitrogen and oxygen atoms in total. The maximum absolute atomic E-state index is 12.3. The number of carbonyl (C=O) groups excluding carboxylic acids is 3. The zero-order chi connectivity index (χ0) is 22.2. The number of nitrogens with zero attached hydrogens (tertiary/aromatic N) is 1. The van der Waals surface area contributed by atoms with Crippen molar-refractivity contribution < 1.29 is 18.8 Å². The topological polar surface area (TPSA) is 104 Å². The Balaban J connectivity index is 1.50. The van der Waals surface area contributed by atoms with E-state index in [2.05, 4.69) is 16.0 Å². The minimum absolute atomic E-state index is 0.0524. The lowest BCUT2D eigenvalue weighted by molar-refractivity contribution is -0.116. The minimum Gasteiger partial charge on any atom is -0.467 e. The van der Waals surface area contributed by atoms with Gasteiger partial charge in [0.05, 0.1) is 19.4 Å². The molecule has 0 unspecified atom stereocenters. The maximum atomic E-state index is 12.3. The Bertz CT molecular complexity index is 1050. The van der Waals surface area contributed by atoms with E-state index in [1.165, 1.54) is 11.8 Å². The van der Waals surface area contributed by atoms with Crippen molar-refractivity contribution in [1.29, 1.82) is 0 Å². The van der Waals surface area contributed by atoms with Crippen molar-refractivity contribution in [3.8, 4) is 0 Å². The highest BCUT2D eigenvalue weighted by molar-refractivity contribution is 5.98. The fourth-order valence-corrected chi connectivity index (χ4v) is 2.79. The molecule has 3 rings (SSSR count). The lowest BCUT2D eigenvalue weighted by Gasteiger charge is -2.15. The Kier molecular flexibility index (Phi) is 7.05. The Morgan fingerprint density at radius 2 is 1.74 bits per heavy atom. The number of hydrogen-bond acceptors (Lipinski definition) is 5. The first-order chi connectivity index (χ1) is 14.9. The summed E-state index contributed by atoms with van der Waals surface area (Å²) in [4.78, 5) is 37.5. The third-order valence-corrected chi connectivity index (χ3v) is 4.59. The predicted molar refractivity (Wildman–Crippen MR) is 119 cm³/mol. The lowest BCUT2D eigenvalue weighted by Crippen LogP contribution is -2.24. The SMILES string of the molecule is CC(=O)N(C)c1ccc(NCC(=O)Nc2cccc(C(=O)NCc3ccco3)c2)cc1. The van der Waals surface area contributed by atoms with E-state index in [4.69, 9.17) is 4.42 Å². The molecule has 0 saturated carbocycles. The third-order valence-electron chi connectivity index (χ3n) is 4.59. The smallest absolute Gasteiger partial charge is 0.251 e. The van der Waals surface area contributed by atoms with E-state index in [9.17, 15) is 14.4 Å². The Labute approximate surface area is 180 Å². The Hall–Kier alpha value is -4.07. The summed E-state index contributed by atoms with van der Waals surface area (Å²) in [5.74, 6) is 0.0844. The number of nitrogens with one attached hydrogen (secondary N) is 3. The van der Waals surface area contributed by atoms with Crippen molar-refractivity contribution in [3.05, 3.63) is 78.3 Å². The molecule has 160 valence electrons. The van der Waals surface area contributed by atoms with E-state index in [1.807, 2.05) is 0 Å². The van der Waals surface area contributed by atoms with Crippen LogP contribution in [0.2, 0.25) is 0 Å². The molecule has 0 aliphatic heterocycles. The normalized spacial score (nSPS) is 10.3. The van der Waals surface area contributed by atoms with E-state index in [0.29, 0.717) is 17.0 Å². The van der Waals surface area contributed by atoms with Gasteiger partial charge in [0.1, 0.15) is 5.76 Å². The van der Waals surface area contributed by atoms with Gasteiger partial charge in [0.15, 0.2) is 0 Å². The van der Waals surface area contributed by atoms with Crippen LogP contribution in [0.25, 0.3) is 0 Å². The number of rotatable bonds is 8. The van der Waals surface area contributed by atoms with Crippen LogP contribution in [0.5, 0.6) is 0 Å². The van der Waals surface area contributed by atoms with E-state index in [-0.39, 0.29) is 30.8 Å². The molecule has 3 aromatic rings. The molecule has 0 bridgehead atoms. The number of hydrogen-bond donors (Lipinski definition) is 3. The fourth-order valence-electron chi connectivity index (χ4n) is 2.79. The quantitative estimate of drug-likeness (QED) is 0.519. The molecule has 1 heterocycles. The van der Waals surface area contributed by atoms with Gasteiger partial charge in [-0.05, 0) is 54.6 Å². The van der Waals surface area contributed by atoms with Gasteiger partial charge in [-0.15, -0.1) is 0 Å². The molecule has 3 N–H and O–H groups in total. The molecule has 0 fully saturated rings. The van der Waals surface area contributed by atoms with E-state index in [1.54, 1.807) is 74.0 Å². The van der Waals surface area contributed by atoms with Gasteiger partial charge in [-0.25, -0.2) is 0 Å². The van der Waals surface area contributed by atoms with Crippen LogP contribution in [-0.2, 0) is 16.1 Å². The van der Waals surface area contributed by atoms with Crippen LogP contribution in [0, 0.1) is 0 Å². The molecule has 0 spiro atoms. The van der Waals surface area contributed by atoms with Crippen LogP contribution in [0.15, 0.2) is 71.3 Å². The van der Waals surface area contributed by atoms with E-state index in [0.717, 1.165) is 11.4 Å². The summed E-state index contributed by atoms with van der Waals surface area (Å²) in [6, 6.07) is 17.4. The standard InChI is InChI=1S/C23H24N4O4/c1-16(28)27(2)20-10-8-18(9-11-20)24-15-22(29)26-19-6-3-5-17(13-19)23(30)25-14-21-7-4-12-31-21/h3-13,24H,14-15H2,1-2H3,(H,25,30)(H,26,29). The zero-order valence-corrected chi connectivity index (χ0v) is 17.3. The van der Waals surface area contributed by atoms with Crippen LogP contribution in [0.4, 0.5) is 17.1 Å². The molecule has 2 aromatic carbocycles. The maximum Gasteiger partial charge on any atom is 0.251 e. The Morgan fingerprint density at radius 3 is 2.42 bits per heavy atom. The zero-order valence-electron chi connectivity index (χ0n) is 17.3. The minimum atomic E-state index is -0.263. The Morgan fingerprint density at radius 1 is 0.968 bits per heavy atom. The van der Waals surface area contributed by atoms with Crippen molar-refractivity contribution in [3.63, 3.8) is 0 Å². The average molecular weight is 420 g/mol. The number of furan rings is 1. The number of amides is 3. The lowest BCUT2D eigenvalue weighted by atomic mass is 10.2. The molecular weight excluding hydrogens is 396 g/mol. The van der Waals surface area contributed by atoms with Gasteiger partial charge in [-0.3, -0.25) is 14.4 Å². The number of anilines is 3. The fraction of sp³-hybridized carbons (Fsp3) is 0.174. The summed E-state index contributed by atoms with van der Waals surface area (Å²) < 4.78 is 5.19. The van der Waals surface area contributed by atoms with Crippen molar-refractivity contribution in [2.24, 2.45) is 0 Å². The second kappa shape index (κ2) is 10.1. The number of benzene rings is 2. The highest BCUT2D eigenvalue weighted by Gasteiger charge is 2.09. The summed E-state index contributed by atoms with van der Waals surface area (Å²) in [6.07, 6.45) is 1.55. The monoisotopic (exact) mass is 420 g/mol. The molecule has 0 aliphatic rings. The van der Waals surface area contributed by atoms with Gasteiger partial charge in [-0.1, -0.05) is 6.07 Å². The summed E-state index contributed by atoms with van der Waals surface area (Å²) >= 11 is 0. The summed E-state index contributed by atoms with van der Waals surface area (Å²) in [5.41, 5.74) is 2.48. The van der Waals surface area contributed by atoms with Crippen LogP contribution >= 0.6 is 0 Å². The molecule has 8 heteroatoms. The molecule has 0 aliphatic carbocycles. The van der Waals surface area contributed by atoms with Gasteiger partial charge >= 0.3 is 0 Å². The van der Waals surface area contributed by atoms with Gasteiger partial charge < -0.3 is 25.3 Å². The number of carbonyl (C=O) groups is 3. The molecular formula is C23H24N4O4. The van der Waals surface area contributed by atoms with Crippen LogP contribution < -0.4 is 20.9 Å². The second-order valence-electron chi connectivity index (χ2n) is 6.87. The molecule has 3 amide bonds. The largest absolute Gasteiger partial charge is 0.467 e. The molecule has 1 aromatic heterocycles. The van der Waals surface area contributed by atoms with Crippen LogP contribution in [-0.4, -0.2) is 31.3 Å². The van der Waals surface area contributed by atoms with Gasteiger partial charge in [-0.2, -0.15) is 0 Å². The van der Waals surface area contributed by atoms with Crippen LogP contribution in [0.3, 0.4) is 0 Å². The van der Waals surface area contributed by atoms with Gasteiger partial charge in [0.25, 0.3) is 5.91 Å². The summed E-state index contributed by atoms with van der Waals surface area (Å²) in [6.45, 7) is 1.83. The van der Waals surface area contributed by atoms with Gasteiger partial charge in [0, 0.05) is 36.6 Å². The van der Waals surface area contributed by atoms with Gasteiger partial charge in [0.2, 0.25) is 11.8 Å². The van der Waals surface area contributed by atoms with Crippen molar-refractivity contribution in [2.75, 3.05) is 29.1 Å². The molecule has 31 heavy (non-hydrogen) atoms. The first-order valence-corrected chi connectivity index (χ1v) is 9.71. The average Bonchev–Trinajstić information content (AvgIpc) is 3.30. The van der Waals surface area contributed by atoms with Crippen molar-refractivity contribution in [1.82, 2.24) is 5.32 Å². The molecule has 0 atom stereocenters. The highest BCUT2D eigenvalue weighted by Crippen LogP contribution is 2.17.